The van der Waals surface area contributed by atoms with E-state index in [4.69, 9.17) is 0 Å². The molecule has 1 aliphatic carbocycles. The van der Waals surface area contributed by atoms with Gasteiger partial charge in [0, 0.05) is 5.56 Å². The second-order valence-corrected chi connectivity index (χ2v) is 5.57. The maximum atomic E-state index is 10.1. The Morgan fingerprint density at radius 2 is 1.95 bits per heavy atom. The van der Waals surface area contributed by atoms with Crippen LogP contribution in [0.25, 0.3) is 11.4 Å². The molecule has 106 valence electrons. The molecular weight excluding hydrogens is 252 g/mol. The fraction of sp³-hybridized carbons (Fsp3) is 0.533. The van der Waals surface area contributed by atoms with Gasteiger partial charge in [0.05, 0.1) is 12.6 Å². The summed E-state index contributed by atoms with van der Waals surface area (Å²) in [6.07, 6.45) is 5.57. The number of hydrogen-bond acceptors (Lipinski definition) is 4. The van der Waals surface area contributed by atoms with Crippen molar-refractivity contribution in [2.75, 3.05) is 0 Å². The van der Waals surface area contributed by atoms with E-state index in [1.54, 1.807) is 0 Å². The van der Waals surface area contributed by atoms with Gasteiger partial charge in [0.15, 0.2) is 0 Å². The summed E-state index contributed by atoms with van der Waals surface area (Å²) in [5.74, 6) is 1.28. The van der Waals surface area contributed by atoms with E-state index >= 15 is 0 Å². The summed E-state index contributed by atoms with van der Waals surface area (Å²) < 4.78 is 0. The molecule has 5 heteroatoms. The zero-order valence-electron chi connectivity index (χ0n) is 11.5. The molecule has 0 radical (unpaired) electrons. The smallest absolute Gasteiger partial charge is 0.204 e. The minimum absolute atomic E-state index is 0.379. The third kappa shape index (κ3) is 3.22. The van der Waals surface area contributed by atoms with Gasteiger partial charge in [0.2, 0.25) is 5.82 Å². The molecule has 1 unspecified atom stereocenters. The molecule has 0 amide bonds. The quantitative estimate of drug-likeness (QED) is 0.907. The minimum atomic E-state index is -0.379. The van der Waals surface area contributed by atoms with Gasteiger partial charge < -0.3 is 5.11 Å². The molecule has 1 N–H and O–H groups in total. The molecule has 1 fully saturated rings. The van der Waals surface area contributed by atoms with E-state index in [-0.39, 0.29) is 6.10 Å². The van der Waals surface area contributed by atoms with Crippen molar-refractivity contribution in [3.8, 4) is 11.4 Å². The molecule has 1 aromatic heterocycles. The fourth-order valence-electron chi connectivity index (χ4n) is 2.92. The lowest BCUT2D eigenvalue weighted by atomic mass is 10.0. The SMILES string of the molecule is OC(CC1CCCC1)Cn1nnc(-c2ccccc2)n1. The first-order chi connectivity index (χ1) is 9.81. The summed E-state index contributed by atoms with van der Waals surface area (Å²) in [7, 11) is 0. The number of benzene rings is 1. The zero-order valence-corrected chi connectivity index (χ0v) is 11.5. The van der Waals surface area contributed by atoms with Gasteiger partial charge in [0.1, 0.15) is 0 Å². The topological polar surface area (TPSA) is 63.8 Å². The Labute approximate surface area is 118 Å². The number of tetrazole rings is 1. The molecule has 2 aromatic rings. The molecule has 1 saturated carbocycles. The highest BCUT2D eigenvalue weighted by molar-refractivity contribution is 5.52. The highest BCUT2D eigenvalue weighted by Gasteiger charge is 2.19. The monoisotopic (exact) mass is 272 g/mol. The molecule has 0 aliphatic heterocycles. The van der Waals surface area contributed by atoms with Crippen molar-refractivity contribution < 1.29 is 5.11 Å². The molecule has 1 aliphatic rings. The summed E-state index contributed by atoms with van der Waals surface area (Å²) in [6.45, 7) is 0.427. The summed E-state index contributed by atoms with van der Waals surface area (Å²) in [6, 6.07) is 9.77. The molecule has 3 rings (SSSR count). The first-order valence-corrected chi connectivity index (χ1v) is 7.32. The summed E-state index contributed by atoms with van der Waals surface area (Å²) in [5, 5.41) is 22.5. The first-order valence-electron chi connectivity index (χ1n) is 7.32. The highest BCUT2D eigenvalue weighted by atomic mass is 16.3. The van der Waals surface area contributed by atoms with E-state index in [0.29, 0.717) is 18.3 Å². The number of hydrogen-bond donors (Lipinski definition) is 1. The molecule has 1 aromatic carbocycles. The Balaban J connectivity index is 1.59. The van der Waals surface area contributed by atoms with Crippen molar-refractivity contribution in [1.29, 1.82) is 0 Å². The minimum Gasteiger partial charge on any atom is -0.391 e. The number of aliphatic hydroxyl groups excluding tert-OH is 1. The Kier molecular flexibility index (Phi) is 4.06. The maximum absolute atomic E-state index is 10.1. The van der Waals surface area contributed by atoms with Crippen LogP contribution in [0.1, 0.15) is 32.1 Å². The van der Waals surface area contributed by atoms with Crippen molar-refractivity contribution in [3.63, 3.8) is 0 Å². The normalized spacial score (nSPS) is 17.4. The van der Waals surface area contributed by atoms with Gasteiger partial charge in [-0.15, -0.1) is 10.2 Å². The van der Waals surface area contributed by atoms with Gasteiger partial charge in [0.25, 0.3) is 0 Å². The van der Waals surface area contributed by atoms with Gasteiger partial charge in [-0.2, -0.15) is 4.80 Å². The van der Waals surface area contributed by atoms with Gasteiger partial charge in [-0.25, -0.2) is 0 Å². The lowest BCUT2D eigenvalue weighted by molar-refractivity contribution is 0.115. The predicted octanol–water partition coefficient (Wildman–Crippen LogP) is 2.28. The summed E-state index contributed by atoms with van der Waals surface area (Å²) in [4.78, 5) is 1.50. The van der Waals surface area contributed by atoms with Crippen molar-refractivity contribution in [2.24, 2.45) is 5.92 Å². The van der Waals surface area contributed by atoms with E-state index in [9.17, 15) is 5.11 Å². The van der Waals surface area contributed by atoms with Crippen LogP contribution in [0.3, 0.4) is 0 Å². The van der Waals surface area contributed by atoms with Gasteiger partial charge in [-0.3, -0.25) is 0 Å². The Morgan fingerprint density at radius 1 is 1.20 bits per heavy atom. The second kappa shape index (κ2) is 6.13. The number of nitrogens with zero attached hydrogens (tertiary/aromatic N) is 4. The molecule has 0 bridgehead atoms. The summed E-state index contributed by atoms with van der Waals surface area (Å²) in [5.41, 5.74) is 0.948. The van der Waals surface area contributed by atoms with E-state index in [0.717, 1.165) is 12.0 Å². The van der Waals surface area contributed by atoms with Crippen LogP contribution >= 0.6 is 0 Å². The average molecular weight is 272 g/mol. The first kappa shape index (κ1) is 13.2. The molecule has 0 saturated heterocycles. The van der Waals surface area contributed by atoms with E-state index in [1.165, 1.54) is 30.5 Å². The van der Waals surface area contributed by atoms with Crippen LogP contribution in [0.15, 0.2) is 30.3 Å². The predicted molar refractivity (Wildman–Crippen MR) is 75.8 cm³/mol. The largest absolute Gasteiger partial charge is 0.391 e. The van der Waals surface area contributed by atoms with Crippen LogP contribution in [0.5, 0.6) is 0 Å². The van der Waals surface area contributed by atoms with Crippen molar-refractivity contribution in [2.45, 2.75) is 44.8 Å². The van der Waals surface area contributed by atoms with Crippen LogP contribution in [-0.4, -0.2) is 31.4 Å². The third-order valence-electron chi connectivity index (χ3n) is 3.94. The molecular formula is C15H20N4O. The summed E-state index contributed by atoms with van der Waals surface area (Å²) >= 11 is 0. The Morgan fingerprint density at radius 3 is 2.70 bits per heavy atom. The third-order valence-corrected chi connectivity index (χ3v) is 3.94. The number of aliphatic hydroxyl groups is 1. The van der Waals surface area contributed by atoms with E-state index in [2.05, 4.69) is 15.4 Å². The molecule has 5 nitrogen and oxygen atoms in total. The van der Waals surface area contributed by atoms with Crippen LogP contribution in [-0.2, 0) is 6.54 Å². The van der Waals surface area contributed by atoms with Crippen molar-refractivity contribution >= 4 is 0 Å². The van der Waals surface area contributed by atoms with Crippen molar-refractivity contribution in [1.82, 2.24) is 20.2 Å². The maximum Gasteiger partial charge on any atom is 0.204 e. The van der Waals surface area contributed by atoms with E-state index < -0.39 is 0 Å². The van der Waals surface area contributed by atoms with Gasteiger partial charge >= 0.3 is 0 Å². The van der Waals surface area contributed by atoms with Crippen LogP contribution < -0.4 is 0 Å². The van der Waals surface area contributed by atoms with Crippen LogP contribution in [0.2, 0.25) is 0 Å². The van der Waals surface area contributed by atoms with Crippen molar-refractivity contribution in [3.05, 3.63) is 30.3 Å². The van der Waals surface area contributed by atoms with Crippen LogP contribution in [0.4, 0.5) is 0 Å². The molecule has 0 spiro atoms. The second-order valence-electron chi connectivity index (χ2n) is 5.57. The number of rotatable bonds is 5. The van der Waals surface area contributed by atoms with Gasteiger partial charge in [-0.05, 0) is 17.6 Å². The molecule has 1 atom stereocenters. The lowest BCUT2D eigenvalue weighted by Crippen LogP contribution is -2.20. The Hall–Kier alpha value is -1.75. The number of aromatic nitrogens is 4. The Bertz CT molecular complexity index is 534. The van der Waals surface area contributed by atoms with E-state index in [1.807, 2.05) is 30.3 Å². The average Bonchev–Trinajstić information content (AvgIpc) is 3.11. The van der Waals surface area contributed by atoms with Gasteiger partial charge in [-0.1, -0.05) is 56.0 Å². The zero-order chi connectivity index (χ0) is 13.8. The highest BCUT2D eigenvalue weighted by Crippen LogP contribution is 2.28. The van der Waals surface area contributed by atoms with Crippen LogP contribution in [0, 0.1) is 5.92 Å². The standard InChI is InChI=1S/C15H20N4O/c20-14(10-12-6-4-5-7-12)11-19-17-15(16-18-19)13-8-2-1-3-9-13/h1-3,8-9,12,14,20H,4-7,10-11H2. The lowest BCUT2D eigenvalue weighted by Gasteiger charge is -2.14. The fourth-order valence-corrected chi connectivity index (χ4v) is 2.92. The molecule has 20 heavy (non-hydrogen) atoms. The molecule has 1 heterocycles.